The number of fused-ring (bicyclic) bond motifs is 1. The summed E-state index contributed by atoms with van der Waals surface area (Å²) in [6.07, 6.45) is 0.819. The van der Waals surface area contributed by atoms with Crippen LogP contribution in [0, 0.1) is 5.82 Å². The molecule has 7 heteroatoms. The van der Waals surface area contributed by atoms with Crippen molar-refractivity contribution in [3.05, 3.63) is 78.1 Å². The molecule has 1 N–H and O–H groups in total. The van der Waals surface area contributed by atoms with E-state index in [1.165, 1.54) is 23.9 Å². The zero-order valence-electron chi connectivity index (χ0n) is 17.8. The number of carbonyl (C=O) groups excluding carboxylic acids is 1. The summed E-state index contributed by atoms with van der Waals surface area (Å²) in [6, 6.07) is 19.3. The average Bonchev–Trinajstić information content (AvgIpc) is 2.83. The molecule has 0 aliphatic rings. The summed E-state index contributed by atoms with van der Waals surface area (Å²) in [4.78, 5) is 22.0. The molecule has 0 spiro atoms. The lowest BCUT2D eigenvalue weighted by atomic mass is 10.1. The minimum absolute atomic E-state index is 0.137. The Morgan fingerprint density at radius 2 is 1.78 bits per heavy atom. The van der Waals surface area contributed by atoms with Gasteiger partial charge in [-0.1, -0.05) is 36.9 Å². The molecule has 0 aliphatic heterocycles. The molecule has 1 aromatic heterocycles. The second-order valence-electron chi connectivity index (χ2n) is 7.09. The summed E-state index contributed by atoms with van der Waals surface area (Å²) in [7, 11) is 1.60. The number of halogens is 1. The van der Waals surface area contributed by atoms with Crippen molar-refractivity contribution in [2.75, 3.05) is 18.2 Å². The normalized spacial score (nSPS) is 10.8. The Morgan fingerprint density at radius 3 is 2.47 bits per heavy atom. The first-order chi connectivity index (χ1) is 15.6. The van der Waals surface area contributed by atoms with Gasteiger partial charge >= 0.3 is 0 Å². The number of ether oxygens (including phenoxy) is 1. The molecule has 5 nitrogen and oxygen atoms in total. The molecule has 0 saturated carbocycles. The Balaban J connectivity index is 1.61. The van der Waals surface area contributed by atoms with Gasteiger partial charge in [0.15, 0.2) is 5.82 Å². The van der Waals surface area contributed by atoms with Crippen LogP contribution < -0.4 is 10.1 Å². The van der Waals surface area contributed by atoms with E-state index in [0.29, 0.717) is 11.5 Å². The molecule has 0 fully saturated rings. The fourth-order valence-electron chi connectivity index (χ4n) is 3.31. The van der Waals surface area contributed by atoms with Gasteiger partial charge in [-0.15, -0.1) is 0 Å². The monoisotopic (exact) mass is 447 g/mol. The first-order valence-corrected chi connectivity index (χ1v) is 11.2. The third kappa shape index (κ3) is 4.89. The van der Waals surface area contributed by atoms with Crippen LogP contribution in [-0.4, -0.2) is 28.7 Å². The maximum absolute atomic E-state index is 13.4. The van der Waals surface area contributed by atoms with E-state index in [-0.39, 0.29) is 17.5 Å². The standard InChI is InChI=1S/C25H22FN3O2S/c1-3-16-5-4-6-21-23(16)28-24(17-7-9-18(26)10-8-17)29-25(21)32-15-22(30)27-19-11-13-20(31-2)14-12-19/h4-14H,3,15H2,1-2H3,(H,27,30). The van der Waals surface area contributed by atoms with E-state index in [4.69, 9.17) is 14.7 Å². The molecule has 32 heavy (non-hydrogen) atoms. The van der Waals surface area contributed by atoms with Gasteiger partial charge in [0.2, 0.25) is 5.91 Å². The largest absolute Gasteiger partial charge is 0.497 e. The smallest absolute Gasteiger partial charge is 0.234 e. The third-order valence-corrected chi connectivity index (χ3v) is 5.96. The van der Waals surface area contributed by atoms with Gasteiger partial charge in [-0.3, -0.25) is 4.79 Å². The Labute approximate surface area is 190 Å². The number of nitrogens with zero attached hydrogens (tertiary/aromatic N) is 2. The number of methoxy groups -OCH3 is 1. The van der Waals surface area contributed by atoms with E-state index in [1.807, 2.05) is 18.2 Å². The van der Waals surface area contributed by atoms with Gasteiger partial charge in [-0.25, -0.2) is 14.4 Å². The molecular weight excluding hydrogens is 425 g/mol. The molecular formula is C25H22FN3O2S. The van der Waals surface area contributed by atoms with Crippen LogP contribution in [0.15, 0.2) is 71.8 Å². The van der Waals surface area contributed by atoms with E-state index < -0.39 is 0 Å². The van der Waals surface area contributed by atoms with Crippen LogP contribution in [0.25, 0.3) is 22.3 Å². The van der Waals surface area contributed by atoms with Crippen LogP contribution in [0.1, 0.15) is 12.5 Å². The van der Waals surface area contributed by atoms with Crippen LogP contribution in [0.5, 0.6) is 5.75 Å². The van der Waals surface area contributed by atoms with Gasteiger partial charge in [0.05, 0.1) is 18.4 Å². The number of aromatic nitrogens is 2. The first kappa shape index (κ1) is 21.8. The number of carbonyl (C=O) groups is 1. The Bertz CT molecular complexity index is 1240. The third-order valence-electron chi connectivity index (χ3n) is 4.97. The fraction of sp³-hybridized carbons (Fsp3) is 0.160. The summed E-state index contributed by atoms with van der Waals surface area (Å²) < 4.78 is 18.5. The fourth-order valence-corrected chi connectivity index (χ4v) is 4.12. The number of thioether (sulfide) groups is 1. The number of anilines is 1. The number of hydrogen-bond donors (Lipinski definition) is 1. The number of nitrogens with one attached hydrogen (secondary N) is 1. The van der Waals surface area contributed by atoms with Crippen molar-refractivity contribution >= 4 is 34.3 Å². The highest BCUT2D eigenvalue weighted by Gasteiger charge is 2.14. The summed E-state index contributed by atoms with van der Waals surface area (Å²) in [6.45, 7) is 2.07. The number of para-hydroxylation sites is 1. The molecule has 0 bridgehead atoms. The van der Waals surface area contributed by atoms with Crippen molar-refractivity contribution in [1.29, 1.82) is 0 Å². The number of rotatable bonds is 7. The Morgan fingerprint density at radius 1 is 1.03 bits per heavy atom. The highest BCUT2D eigenvalue weighted by atomic mass is 32.2. The Hall–Kier alpha value is -3.45. The van der Waals surface area contributed by atoms with Gasteiger partial charge in [0.25, 0.3) is 0 Å². The Kier molecular flexibility index (Phi) is 6.66. The topological polar surface area (TPSA) is 64.1 Å². The maximum Gasteiger partial charge on any atom is 0.234 e. The minimum Gasteiger partial charge on any atom is -0.497 e. The van der Waals surface area contributed by atoms with Crippen LogP contribution >= 0.6 is 11.8 Å². The van der Waals surface area contributed by atoms with E-state index in [2.05, 4.69) is 12.2 Å². The second-order valence-corrected chi connectivity index (χ2v) is 8.06. The van der Waals surface area contributed by atoms with Gasteiger partial charge in [-0.2, -0.15) is 0 Å². The van der Waals surface area contributed by atoms with E-state index in [9.17, 15) is 9.18 Å². The second kappa shape index (κ2) is 9.78. The summed E-state index contributed by atoms with van der Waals surface area (Å²) in [5, 5.41) is 4.50. The molecule has 0 aliphatic carbocycles. The predicted octanol–water partition coefficient (Wildman–Crippen LogP) is 5.74. The molecule has 162 valence electrons. The van der Waals surface area contributed by atoms with Crippen LogP contribution in [0.2, 0.25) is 0 Å². The summed E-state index contributed by atoms with van der Waals surface area (Å²) >= 11 is 1.35. The highest BCUT2D eigenvalue weighted by Crippen LogP contribution is 2.30. The maximum atomic E-state index is 13.4. The van der Waals surface area contributed by atoms with Crippen molar-refractivity contribution < 1.29 is 13.9 Å². The highest BCUT2D eigenvalue weighted by molar-refractivity contribution is 8.00. The van der Waals surface area contributed by atoms with E-state index >= 15 is 0 Å². The van der Waals surface area contributed by atoms with Crippen LogP contribution in [0.4, 0.5) is 10.1 Å². The molecule has 1 heterocycles. The molecule has 1 amide bonds. The van der Waals surface area contributed by atoms with Crippen LogP contribution in [-0.2, 0) is 11.2 Å². The lowest BCUT2D eigenvalue weighted by molar-refractivity contribution is -0.113. The first-order valence-electron chi connectivity index (χ1n) is 10.2. The molecule has 0 atom stereocenters. The predicted molar refractivity (Wildman–Crippen MR) is 127 cm³/mol. The molecule has 4 rings (SSSR count). The number of aryl methyl sites for hydroxylation is 1. The zero-order valence-corrected chi connectivity index (χ0v) is 18.6. The summed E-state index contributed by atoms with van der Waals surface area (Å²) in [5.41, 5.74) is 3.37. The minimum atomic E-state index is -0.311. The lowest BCUT2D eigenvalue weighted by Gasteiger charge is -2.11. The summed E-state index contributed by atoms with van der Waals surface area (Å²) in [5.74, 6) is 0.981. The van der Waals surface area contributed by atoms with Gasteiger partial charge in [0, 0.05) is 16.6 Å². The van der Waals surface area contributed by atoms with Gasteiger partial charge in [0.1, 0.15) is 16.6 Å². The lowest BCUT2D eigenvalue weighted by Crippen LogP contribution is -2.14. The molecule has 0 unspecified atom stereocenters. The SMILES string of the molecule is CCc1cccc2c(SCC(=O)Nc3ccc(OC)cc3)nc(-c3ccc(F)cc3)nc12. The zero-order chi connectivity index (χ0) is 22.5. The van der Waals surface area contributed by atoms with E-state index in [0.717, 1.165) is 39.2 Å². The van der Waals surface area contributed by atoms with Crippen LogP contribution in [0.3, 0.4) is 0 Å². The van der Waals surface area contributed by atoms with Crippen molar-refractivity contribution in [2.45, 2.75) is 18.4 Å². The number of hydrogen-bond acceptors (Lipinski definition) is 5. The van der Waals surface area contributed by atoms with Crippen molar-refractivity contribution in [3.8, 4) is 17.1 Å². The quantitative estimate of drug-likeness (QED) is 0.289. The average molecular weight is 448 g/mol. The van der Waals surface area contributed by atoms with Gasteiger partial charge < -0.3 is 10.1 Å². The molecule has 4 aromatic rings. The van der Waals surface area contributed by atoms with E-state index in [1.54, 1.807) is 43.5 Å². The molecule has 0 saturated heterocycles. The van der Waals surface area contributed by atoms with Gasteiger partial charge in [-0.05, 0) is 60.5 Å². The van der Waals surface area contributed by atoms with Crippen molar-refractivity contribution in [2.24, 2.45) is 0 Å². The van der Waals surface area contributed by atoms with Crippen molar-refractivity contribution in [3.63, 3.8) is 0 Å². The number of amides is 1. The van der Waals surface area contributed by atoms with Crippen molar-refractivity contribution in [1.82, 2.24) is 9.97 Å². The molecule has 3 aromatic carbocycles. The molecule has 0 radical (unpaired) electrons. The number of benzene rings is 3.